The first kappa shape index (κ1) is 14.6. The lowest BCUT2D eigenvalue weighted by molar-refractivity contribution is 0.349. The zero-order chi connectivity index (χ0) is 14.5. The number of rotatable bonds is 6. The number of nitrogens with zero attached hydrogens (tertiary/aromatic N) is 1. The predicted molar refractivity (Wildman–Crippen MR) is 83.6 cm³/mol. The van der Waals surface area contributed by atoms with Crippen LogP contribution in [-0.2, 0) is 0 Å². The molecule has 0 radical (unpaired) electrons. The number of hydrogen-bond acceptors (Lipinski definition) is 3. The predicted octanol–water partition coefficient (Wildman–Crippen LogP) is 4.92. The van der Waals surface area contributed by atoms with Crippen molar-refractivity contribution in [2.45, 2.75) is 52.4 Å². The van der Waals surface area contributed by atoms with Crippen LogP contribution in [0.3, 0.4) is 0 Å². The summed E-state index contributed by atoms with van der Waals surface area (Å²) in [6.45, 7) is 6.50. The second-order valence-corrected chi connectivity index (χ2v) is 5.37. The van der Waals surface area contributed by atoms with Crippen molar-refractivity contribution in [3.63, 3.8) is 0 Å². The van der Waals surface area contributed by atoms with Crippen LogP contribution in [0.25, 0.3) is 11.1 Å². The van der Waals surface area contributed by atoms with E-state index in [-0.39, 0.29) is 0 Å². The third kappa shape index (κ3) is 2.87. The molecule has 20 heavy (non-hydrogen) atoms. The Hall–Kier alpha value is -1.77. The summed E-state index contributed by atoms with van der Waals surface area (Å²) >= 11 is 0. The van der Waals surface area contributed by atoms with Crippen LogP contribution in [0.4, 0.5) is 5.82 Å². The van der Waals surface area contributed by atoms with Crippen LogP contribution in [0.15, 0.2) is 28.8 Å². The van der Waals surface area contributed by atoms with E-state index in [9.17, 15) is 0 Å². The fourth-order valence-corrected chi connectivity index (χ4v) is 2.69. The van der Waals surface area contributed by atoms with Crippen LogP contribution >= 0.6 is 0 Å². The second-order valence-electron chi connectivity index (χ2n) is 5.37. The number of nitrogens with two attached hydrogens (primary N) is 1. The number of unbranched alkanes of at least 4 members (excludes halogenated alkanes) is 1. The Morgan fingerprint density at radius 1 is 1.25 bits per heavy atom. The first-order valence-corrected chi connectivity index (χ1v) is 7.50. The number of nitrogen functional groups attached to an aromatic ring is 1. The molecule has 0 fully saturated rings. The summed E-state index contributed by atoms with van der Waals surface area (Å²) in [5.74, 6) is 1.85. The van der Waals surface area contributed by atoms with Gasteiger partial charge in [-0.1, -0.05) is 56.1 Å². The van der Waals surface area contributed by atoms with Gasteiger partial charge in [0.05, 0.1) is 5.56 Å². The molecule has 0 amide bonds. The number of hydrogen-bond donors (Lipinski definition) is 1. The molecule has 0 spiro atoms. The fourth-order valence-electron chi connectivity index (χ4n) is 2.69. The van der Waals surface area contributed by atoms with E-state index in [1.807, 2.05) is 12.1 Å². The molecule has 1 unspecified atom stereocenters. The molecule has 3 nitrogen and oxygen atoms in total. The number of anilines is 1. The third-order valence-corrected chi connectivity index (χ3v) is 3.93. The highest BCUT2D eigenvalue weighted by molar-refractivity contribution is 5.78. The average Bonchev–Trinajstić information content (AvgIpc) is 2.82. The van der Waals surface area contributed by atoms with E-state index < -0.39 is 0 Å². The van der Waals surface area contributed by atoms with Crippen LogP contribution < -0.4 is 5.73 Å². The monoisotopic (exact) mass is 272 g/mol. The van der Waals surface area contributed by atoms with Gasteiger partial charge in [-0.25, -0.2) is 0 Å². The molecule has 1 atom stereocenters. The van der Waals surface area contributed by atoms with E-state index in [0.717, 1.165) is 29.7 Å². The van der Waals surface area contributed by atoms with Gasteiger partial charge in [-0.05, 0) is 30.9 Å². The van der Waals surface area contributed by atoms with Crippen molar-refractivity contribution in [1.29, 1.82) is 0 Å². The fraction of sp³-hybridized carbons (Fsp3) is 0.471. The second kappa shape index (κ2) is 6.60. The van der Waals surface area contributed by atoms with E-state index in [2.05, 4.69) is 38.1 Å². The molecule has 1 aromatic carbocycles. The maximum atomic E-state index is 6.06. The molecule has 0 aliphatic heterocycles. The third-order valence-electron chi connectivity index (χ3n) is 3.93. The standard InChI is InChI=1S/C17H24N2O/c1-4-6-10-13(5-2)16-15(17(18)19-20-16)14-11-8-7-9-12(14)3/h7-9,11,13H,4-6,10H2,1-3H3,(H2,18,19). The highest BCUT2D eigenvalue weighted by Crippen LogP contribution is 2.38. The van der Waals surface area contributed by atoms with E-state index in [4.69, 9.17) is 10.3 Å². The van der Waals surface area contributed by atoms with Crippen LogP contribution in [0.2, 0.25) is 0 Å². The largest absolute Gasteiger partial charge is 0.380 e. The van der Waals surface area contributed by atoms with Gasteiger partial charge in [-0.15, -0.1) is 0 Å². The smallest absolute Gasteiger partial charge is 0.175 e. The van der Waals surface area contributed by atoms with Gasteiger partial charge in [0.25, 0.3) is 0 Å². The van der Waals surface area contributed by atoms with E-state index in [1.54, 1.807) is 0 Å². The van der Waals surface area contributed by atoms with Gasteiger partial charge in [-0.3, -0.25) is 0 Å². The molecular weight excluding hydrogens is 248 g/mol. The average molecular weight is 272 g/mol. The zero-order valence-electron chi connectivity index (χ0n) is 12.6. The maximum Gasteiger partial charge on any atom is 0.175 e. The van der Waals surface area contributed by atoms with Crippen molar-refractivity contribution in [3.8, 4) is 11.1 Å². The number of benzene rings is 1. The molecule has 0 saturated heterocycles. The molecule has 0 aliphatic carbocycles. The molecule has 1 heterocycles. The Morgan fingerprint density at radius 2 is 2.00 bits per heavy atom. The quantitative estimate of drug-likeness (QED) is 0.812. The summed E-state index contributed by atoms with van der Waals surface area (Å²) in [6, 6.07) is 8.26. The minimum atomic E-state index is 0.398. The molecule has 0 saturated carbocycles. The molecule has 2 rings (SSSR count). The summed E-state index contributed by atoms with van der Waals surface area (Å²) in [7, 11) is 0. The normalized spacial score (nSPS) is 12.6. The Morgan fingerprint density at radius 3 is 2.65 bits per heavy atom. The highest BCUT2D eigenvalue weighted by atomic mass is 16.5. The Kier molecular flexibility index (Phi) is 4.83. The minimum Gasteiger partial charge on any atom is -0.380 e. The molecule has 0 bridgehead atoms. The van der Waals surface area contributed by atoms with E-state index >= 15 is 0 Å². The van der Waals surface area contributed by atoms with Gasteiger partial charge >= 0.3 is 0 Å². The van der Waals surface area contributed by atoms with E-state index in [1.165, 1.54) is 18.4 Å². The molecule has 108 valence electrons. The van der Waals surface area contributed by atoms with Gasteiger partial charge in [0.2, 0.25) is 0 Å². The van der Waals surface area contributed by atoms with Crippen molar-refractivity contribution in [2.24, 2.45) is 0 Å². The first-order chi connectivity index (χ1) is 9.69. The van der Waals surface area contributed by atoms with Crippen molar-refractivity contribution in [3.05, 3.63) is 35.6 Å². The van der Waals surface area contributed by atoms with Crippen molar-refractivity contribution < 1.29 is 4.52 Å². The van der Waals surface area contributed by atoms with Crippen LogP contribution in [0, 0.1) is 6.92 Å². The SMILES string of the molecule is CCCCC(CC)c1onc(N)c1-c1ccccc1C. The summed E-state index contributed by atoms with van der Waals surface area (Å²) in [4.78, 5) is 0. The first-order valence-electron chi connectivity index (χ1n) is 7.50. The van der Waals surface area contributed by atoms with Crippen LogP contribution in [-0.4, -0.2) is 5.16 Å². The van der Waals surface area contributed by atoms with Gasteiger partial charge in [0, 0.05) is 5.92 Å². The highest BCUT2D eigenvalue weighted by Gasteiger charge is 2.23. The van der Waals surface area contributed by atoms with Crippen LogP contribution in [0.5, 0.6) is 0 Å². The van der Waals surface area contributed by atoms with Crippen molar-refractivity contribution in [2.75, 3.05) is 5.73 Å². The van der Waals surface area contributed by atoms with Crippen molar-refractivity contribution in [1.82, 2.24) is 5.16 Å². The summed E-state index contributed by atoms with van der Waals surface area (Å²) in [5, 5.41) is 4.01. The number of aryl methyl sites for hydroxylation is 1. The molecule has 2 N–H and O–H groups in total. The summed E-state index contributed by atoms with van der Waals surface area (Å²) < 4.78 is 5.58. The lowest BCUT2D eigenvalue weighted by Gasteiger charge is -2.14. The molecule has 0 aliphatic rings. The Balaban J connectivity index is 2.44. The van der Waals surface area contributed by atoms with E-state index in [0.29, 0.717) is 11.7 Å². The van der Waals surface area contributed by atoms with Crippen molar-refractivity contribution >= 4 is 5.82 Å². The number of aromatic nitrogens is 1. The van der Waals surface area contributed by atoms with Gasteiger partial charge < -0.3 is 10.3 Å². The Bertz CT molecular complexity index is 560. The van der Waals surface area contributed by atoms with Gasteiger partial charge in [0.15, 0.2) is 5.82 Å². The lowest BCUT2D eigenvalue weighted by Crippen LogP contribution is -1.99. The molecule has 3 heteroatoms. The molecule has 2 aromatic rings. The minimum absolute atomic E-state index is 0.398. The van der Waals surface area contributed by atoms with Gasteiger partial charge in [0.1, 0.15) is 5.76 Å². The lowest BCUT2D eigenvalue weighted by atomic mass is 9.90. The van der Waals surface area contributed by atoms with Crippen LogP contribution in [0.1, 0.15) is 56.8 Å². The summed E-state index contributed by atoms with van der Waals surface area (Å²) in [5.41, 5.74) is 9.39. The van der Waals surface area contributed by atoms with Gasteiger partial charge in [-0.2, -0.15) is 0 Å². The molecule has 1 aromatic heterocycles. The Labute approximate surface area is 121 Å². The zero-order valence-corrected chi connectivity index (χ0v) is 12.6. The molecular formula is C17H24N2O. The topological polar surface area (TPSA) is 52.0 Å². The maximum absolute atomic E-state index is 6.06. The summed E-state index contributed by atoms with van der Waals surface area (Å²) in [6.07, 6.45) is 4.57.